The van der Waals surface area contributed by atoms with Crippen LogP contribution in [0.2, 0.25) is 0 Å². The van der Waals surface area contributed by atoms with Crippen molar-refractivity contribution >= 4 is 24.1 Å². The summed E-state index contributed by atoms with van der Waals surface area (Å²) in [5, 5.41) is 1.83. The molecule has 0 fully saturated rings. The molecule has 34 heavy (non-hydrogen) atoms. The molecule has 0 radical (unpaired) electrons. The summed E-state index contributed by atoms with van der Waals surface area (Å²) in [5.41, 5.74) is -1.83. The van der Waals surface area contributed by atoms with Crippen molar-refractivity contribution in [3.05, 3.63) is 101 Å². The summed E-state index contributed by atoms with van der Waals surface area (Å²) >= 11 is 0. The second-order valence-electron chi connectivity index (χ2n) is 7.65. The van der Waals surface area contributed by atoms with Crippen molar-refractivity contribution in [2.45, 2.75) is 26.2 Å². The summed E-state index contributed by atoms with van der Waals surface area (Å²) < 4.78 is 82.5. The minimum Gasteiger partial charge on any atom is -0.297 e. The van der Waals surface area contributed by atoms with Gasteiger partial charge in [0.25, 0.3) is 0 Å². The first kappa shape index (κ1) is 24.0. The molecular formula is C25H19F6N2P. The normalized spacial score (nSPS) is 12.4. The number of aryl methyl sites for hydroxylation is 1. The molecule has 1 heterocycles. The van der Waals surface area contributed by atoms with Crippen LogP contribution in [0.15, 0.2) is 78.9 Å². The Hall–Kier alpha value is -3.12. The van der Waals surface area contributed by atoms with Crippen LogP contribution in [0.1, 0.15) is 22.5 Å². The topological polar surface area (TPSA) is 17.8 Å². The molecule has 0 aliphatic rings. The Morgan fingerprint density at radius 3 is 1.65 bits per heavy atom. The second-order valence-corrected chi connectivity index (χ2v) is 9.75. The van der Waals surface area contributed by atoms with Gasteiger partial charge in [-0.25, -0.2) is 4.98 Å². The molecule has 0 aliphatic carbocycles. The van der Waals surface area contributed by atoms with Gasteiger partial charge in [0, 0.05) is 19.3 Å². The van der Waals surface area contributed by atoms with Crippen molar-refractivity contribution in [1.82, 2.24) is 9.55 Å². The highest BCUT2D eigenvalue weighted by molar-refractivity contribution is 7.79. The lowest BCUT2D eigenvalue weighted by Gasteiger charge is -2.22. The van der Waals surface area contributed by atoms with Crippen LogP contribution in [-0.4, -0.2) is 9.55 Å². The van der Waals surface area contributed by atoms with E-state index in [9.17, 15) is 26.3 Å². The van der Waals surface area contributed by atoms with Gasteiger partial charge in [-0.3, -0.25) is 4.57 Å². The van der Waals surface area contributed by atoms with E-state index in [2.05, 4.69) is 0 Å². The molecule has 4 aromatic rings. The highest BCUT2D eigenvalue weighted by Gasteiger charge is 2.43. The van der Waals surface area contributed by atoms with Crippen molar-refractivity contribution in [3.8, 4) is 5.69 Å². The summed E-state index contributed by atoms with van der Waals surface area (Å²) in [6, 6.07) is 20.9. The van der Waals surface area contributed by atoms with Crippen LogP contribution in [0, 0.1) is 13.8 Å². The Morgan fingerprint density at radius 1 is 0.676 bits per heavy atom. The van der Waals surface area contributed by atoms with Crippen molar-refractivity contribution in [2.24, 2.45) is 0 Å². The molecule has 0 saturated heterocycles. The number of rotatable bonds is 4. The van der Waals surface area contributed by atoms with Gasteiger partial charge in [-0.2, -0.15) is 26.3 Å². The maximum Gasteiger partial charge on any atom is 0.417 e. The number of alkyl halides is 6. The molecule has 0 spiro atoms. The molecule has 0 bridgehead atoms. The summed E-state index contributed by atoms with van der Waals surface area (Å²) in [5.74, 6) is 0. The lowest BCUT2D eigenvalue weighted by Crippen LogP contribution is -2.28. The Balaban J connectivity index is 1.99. The summed E-state index contributed by atoms with van der Waals surface area (Å²) in [4.78, 5) is 4.69. The number of nitrogens with zero attached hydrogens (tertiary/aromatic N) is 2. The number of hydrogen-bond acceptors (Lipinski definition) is 1. The standard InChI is InChI=1S/C25H19F6N2P/c1-16-17(2)33(18-13-14-21(24(26,27)28)22(15-18)25(29,30)31)23(32-16)34(19-9-5-3-6-10-19)20-11-7-4-8-12-20/h3-15H,1-2H3. The van der Waals surface area contributed by atoms with E-state index in [1.54, 1.807) is 13.8 Å². The monoisotopic (exact) mass is 492 g/mol. The first-order valence-corrected chi connectivity index (χ1v) is 11.6. The largest absolute Gasteiger partial charge is 0.417 e. The molecule has 2 nitrogen and oxygen atoms in total. The van der Waals surface area contributed by atoms with Crippen LogP contribution in [-0.2, 0) is 12.4 Å². The van der Waals surface area contributed by atoms with Gasteiger partial charge in [0.05, 0.1) is 16.8 Å². The highest BCUT2D eigenvalue weighted by atomic mass is 31.1. The first-order valence-electron chi connectivity index (χ1n) is 10.2. The van der Waals surface area contributed by atoms with E-state index in [1.165, 1.54) is 4.57 Å². The fourth-order valence-corrected chi connectivity index (χ4v) is 6.16. The van der Waals surface area contributed by atoms with E-state index >= 15 is 0 Å². The molecule has 0 amide bonds. The van der Waals surface area contributed by atoms with Crippen molar-refractivity contribution in [3.63, 3.8) is 0 Å². The summed E-state index contributed by atoms with van der Waals surface area (Å²) in [7, 11) is -1.31. The van der Waals surface area contributed by atoms with Gasteiger partial charge in [-0.05, 0) is 42.7 Å². The molecule has 0 atom stereocenters. The van der Waals surface area contributed by atoms with Gasteiger partial charge in [-0.15, -0.1) is 0 Å². The fraction of sp³-hybridized carbons (Fsp3) is 0.160. The Kier molecular flexibility index (Phi) is 6.30. The average molecular weight is 492 g/mol. The quantitative estimate of drug-likeness (QED) is 0.242. The smallest absolute Gasteiger partial charge is 0.297 e. The summed E-state index contributed by atoms with van der Waals surface area (Å²) in [6.45, 7) is 3.42. The molecule has 4 rings (SSSR count). The Morgan fingerprint density at radius 2 is 1.18 bits per heavy atom. The Labute approximate surface area is 193 Å². The fourth-order valence-electron chi connectivity index (χ4n) is 3.74. The number of hydrogen-bond donors (Lipinski definition) is 0. The maximum atomic E-state index is 13.6. The first-order chi connectivity index (χ1) is 16.0. The molecule has 0 N–H and O–H groups in total. The van der Waals surface area contributed by atoms with Crippen molar-refractivity contribution in [2.75, 3.05) is 0 Å². The molecular weight excluding hydrogens is 473 g/mol. The van der Waals surface area contributed by atoms with E-state index in [0.717, 1.165) is 16.7 Å². The third kappa shape index (κ3) is 4.60. The van der Waals surface area contributed by atoms with E-state index in [0.29, 0.717) is 29.1 Å². The van der Waals surface area contributed by atoms with E-state index in [1.807, 2.05) is 60.7 Å². The van der Waals surface area contributed by atoms with E-state index in [-0.39, 0.29) is 5.69 Å². The third-order valence-electron chi connectivity index (χ3n) is 5.43. The third-order valence-corrected chi connectivity index (χ3v) is 7.76. The molecule has 3 aromatic carbocycles. The molecule has 0 aliphatic heterocycles. The molecule has 0 unspecified atom stereocenters. The SMILES string of the molecule is Cc1nc(P(c2ccccc2)c2ccccc2)n(-c2ccc(C(F)(F)F)c(C(F)(F)F)c2)c1C. The van der Waals surface area contributed by atoms with Crippen LogP contribution >= 0.6 is 7.92 Å². The van der Waals surface area contributed by atoms with Crippen LogP contribution in [0.4, 0.5) is 26.3 Å². The lowest BCUT2D eigenvalue weighted by molar-refractivity contribution is -0.162. The number of benzene rings is 3. The predicted molar refractivity (Wildman–Crippen MR) is 122 cm³/mol. The summed E-state index contributed by atoms with van der Waals surface area (Å²) in [6.07, 6.45) is -10.3. The van der Waals surface area contributed by atoms with Gasteiger partial charge >= 0.3 is 12.4 Å². The van der Waals surface area contributed by atoms with Crippen LogP contribution in [0.5, 0.6) is 0 Å². The van der Waals surface area contributed by atoms with Crippen LogP contribution < -0.4 is 16.2 Å². The Bertz CT molecular complexity index is 1260. The van der Waals surface area contributed by atoms with Gasteiger partial charge < -0.3 is 0 Å². The predicted octanol–water partition coefficient (Wildman–Crippen LogP) is 6.28. The number of halogens is 6. The minimum absolute atomic E-state index is 0.0206. The van der Waals surface area contributed by atoms with Crippen LogP contribution in [0.25, 0.3) is 5.69 Å². The number of aromatic nitrogens is 2. The van der Waals surface area contributed by atoms with Gasteiger partial charge in [-0.1, -0.05) is 60.7 Å². The second kappa shape index (κ2) is 8.91. The average Bonchev–Trinajstić information content (AvgIpc) is 3.07. The zero-order valence-electron chi connectivity index (χ0n) is 18.1. The van der Waals surface area contributed by atoms with Gasteiger partial charge in [0.15, 0.2) is 0 Å². The van der Waals surface area contributed by atoms with E-state index < -0.39 is 31.4 Å². The zero-order valence-corrected chi connectivity index (χ0v) is 19.0. The zero-order chi connectivity index (χ0) is 24.7. The highest BCUT2D eigenvalue weighted by Crippen LogP contribution is 2.42. The van der Waals surface area contributed by atoms with Crippen LogP contribution in [0.3, 0.4) is 0 Å². The molecule has 0 saturated carbocycles. The van der Waals surface area contributed by atoms with Crippen molar-refractivity contribution in [1.29, 1.82) is 0 Å². The molecule has 176 valence electrons. The van der Waals surface area contributed by atoms with Crippen molar-refractivity contribution < 1.29 is 26.3 Å². The van der Waals surface area contributed by atoms with Gasteiger partial charge in [0.2, 0.25) is 0 Å². The lowest BCUT2D eigenvalue weighted by atomic mass is 10.1. The maximum absolute atomic E-state index is 13.6. The van der Waals surface area contributed by atoms with Gasteiger partial charge in [0.1, 0.15) is 5.57 Å². The number of imidazole rings is 1. The minimum atomic E-state index is -5.17. The molecule has 1 aromatic heterocycles. The molecule has 9 heteroatoms. The van der Waals surface area contributed by atoms with E-state index in [4.69, 9.17) is 4.98 Å².